The molecule has 126 valence electrons. The highest BCUT2D eigenvalue weighted by atomic mass is 32.1. The number of rotatable bonds is 7. The van der Waals surface area contributed by atoms with E-state index < -0.39 is 6.10 Å². The molecule has 2 heterocycles. The number of nitrogens with zero attached hydrogens (tertiary/aromatic N) is 1. The van der Waals surface area contributed by atoms with Crippen molar-refractivity contribution < 1.29 is 14.3 Å². The molecule has 7 heteroatoms. The van der Waals surface area contributed by atoms with Crippen molar-refractivity contribution in [3.8, 4) is 0 Å². The first-order valence-electron chi connectivity index (χ1n) is 7.70. The monoisotopic (exact) mass is 337 g/mol. The Balaban J connectivity index is 1.83. The number of aromatic nitrogens is 1. The lowest BCUT2D eigenvalue weighted by atomic mass is 10.1. The Morgan fingerprint density at radius 2 is 2.26 bits per heavy atom. The number of carbonyl (C=O) groups is 1. The minimum Gasteiger partial charge on any atom is -0.467 e. The molecule has 2 rings (SSSR count). The minimum atomic E-state index is -0.733. The SMILES string of the molecule is CC[C@H](NC(=O)N[C@H](C)C[C@@H](O)c1ccco1)c1ncc(C)s1. The summed E-state index contributed by atoms with van der Waals surface area (Å²) in [6, 6.07) is 2.89. The second-order valence-corrected chi connectivity index (χ2v) is 6.82. The maximum Gasteiger partial charge on any atom is 0.315 e. The molecular weight excluding hydrogens is 314 g/mol. The predicted molar refractivity (Wildman–Crippen MR) is 89.3 cm³/mol. The first-order chi connectivity index (χ1) is 11.0. The normalized spacial score (nSPS) is 15.0. The van der Waals surface area contributed by atoms with Gasteiger partial charge in [-0.15, -0.1) is 11.3 Å². The lowest BCUT2D eigenvalue weighted by Crippen LogP contribution is -2.42. The third-order valence-electron chi connectivity index (χ3n) is 3.48. The number of aryl methyl sites for hydroxylation is 1. The fourth-order valence-corrected chi connectivity index (χ4v) is 3.19. The van der Waals surface area contributed by atoms with Gasteiger partial charge >= 0.3 is 6.03 Å². The van der Waals surface area contributed by atoms with Crippen LogP contribution in [0.1, 0.15) is 54.5 Å². The number of urea groups is 1. The number of amides is 2. The van der Waals surface area contributed by atoms with Crippen LogP contribution in [0.15, 0.2) is 29.0 Å². The van der Waals surface area contributed by atoms with Gasteiger partial charge in [0.1, 0.15) is 16.9 Å². The van der Waals surface area contributed by atoms with Gasteiger partial charge in [-0.3, -0.25) is 0 Å². The van der Waals surface area contributed by atoms with E-state index in [0.717, 1.165) is 16.3 Å². The summed E-state index contributed by atoms with van der Waals surface area (Å²) in [7, 11) is 0. The van der Waals surface area contributed by atoms with Gasteiger partial charge in [0.2, 0.25) is 0 Å². The van der Waals surface area contributed by atoms with Gasteiger partial charge in [-0.2, -0.15) is 0 Å². The van der Waals surface area contributed by atoms with Gasteiger partial charge in [0.05, 0.1) is 12.3 Å². The lowest BCUT2D eigenvalue weighted by Gasteiger charge is -2.20. The molecule has 0 fully saturated rings. The molecule has 0 aliphatic heterocycles. The maximum atomic E-state index is 12.1. The van der Waals surface area contributed by atoms with Gasteiger partial charge in [0, 0.05) is 23.5 Å². The Hall–Kier alpha value is -1.86. The first-order valence-corrected chi connectivity index (χ1v) is 8.52. The quantitative estimate of drug-likeness (QED) is 0.723. The van der Waals surface area contributed by atoms with Gasteiger partial charge in [0.25, 0.3) is 0 Å². The van der Waals surface area contributed by atoms with Gasteiger partial charge < -0.3 is 20.2 Å². The molecule has 3 N–H and O–H groups in total. The average molecular weight is 337 g/mol. The first kappa shape index (κ1) is 17.5. The molecule has 0 aliphatic carbocycles. The molecule has 0 unspecified atom stereocenters. The number of hydrogen-bond acceptors (Lipinski definition) is 5. The molecule has 2 amide bonds. The molecule has 0 saturated heterocycles. The van der Waals surface area contributed by atoms with E-state index in [1.807, 2.05) is 27.0 Å². The van der Waals surface area contributed by atoms with Crippen LogP contribution in [0.2, 0.25) is 0 Å². The Morgan fingerprint density at radius 3 is 2.83 bits per heavy atom. The zero-order chi connectivity index (χ0) is 16.8. The zero-order valence-electron chi connectivity index (χ0n) is 13.6. The summed E-state index contributed by atoms with van der Waals surface area (Å²) in [4.78, 5) is 17.6. The zero-order valence-corrected chi connectivity index (χ0v) is 14.4. The third-order valence-corrected chi connectivity index (χ3v) is 4.50. The van der Waals surface area contributed by atoms with Gasteiger partial charge in [0.15, 0.2) is 0 Å². The van der Waals surface area contributed by atoms with Crippen LogP contribution in [0.4, 0.5) is 4.79 Å². The van der Waals surface area contributed by atoms with E-state index in [-0.39, 0.29) is 18.1 Å². The van der Waals surface area contributed by atoms with E-state index in [2.05, 4.69) is 15.6 Å². The topological polar surface area (TPSA) is 87.4 Å². The number of hydrogen-bond donors (Lipinski definition) is 3. The van der Waals surface area contributed by atoms with Crippen LogP contribution in [-0.4, -0.2) is 22.2 Å². The minimum absolute atomic E-state index is 0.101. The molecule has 0 radical (unpaired) electrons. The summed E-state index contributed by atoms with van der Waals surface area (Å²) in [5.74, 6) is 0.503. The molecule has 6 nitrogen and oxygen atoms in total. The number of aliphatic hydroxyl groups is 1. The van der Waals surface area contributed by atoms with Crippen LogP contribution in [0.3, 0.4) is 0 Å². The van der Waals surface area contributed by atoms with Crippen molar-refractivity contribution in [1.29, 1.82) is 0 Å². The van der Waals surface area contributed by atoms with Crippen molar-refractivity contribution in [1.82, 2.24) is 15.6 Å². The molecule has 0 saturated carbocycles. The molecule has 0 aliphatic rings. The van der Waals surface area contributed by atoms with Gasteiger partial charge in [-0.1, -0.05) is 6.92 Å². The van der Waals surface area contributed by atoms with Crippen molar-refractivity contribution in [2.75, 3.05) is 0 Å². The van der Waals surface area contributed by atoms with Crippen LogP contribution in [0.25, 0.3) is 0 Å². The molecule has 2 aromatic rings. The van der Waals surface area contributed by atoms with E-state index in [1.165, 1.54) is 6.26 Å². The van der Waals surface area contributed by atoms with E-state index in [4.69, 9.17) is 4.42 Å². The Morgan fingerprint density at radius 1 is 1.48 bits per heavy atom. The number of furan rings is 1. The summed E-state index contributed by atoms with van der Waals surface area (Å²) < 4.78 is 5.16. The number of nitrogens with one attached hydrogen (secondary N) is 2. The third kappa shape index (κ3) is 5.07. The molecule has 23 heavy (non-hydrogen) atoms. The van der Waals surface area contributed by atoms with Crippen molar-refractivity contribution >= 4 is 17.4 Å². The maximum absolute atomic E-state index is 12.1. The number of carbonyl (C=O) groups excluding carboxylic acids is 1. The molecule has 0 aromatic carbocycles. The lowest BCUT2D eigenvalue weighted by molar-refractivity contribution is 0.129. The van der Waals surface area contributed by atoms with Crippen LogP contribution >= 0.6 is 11.3 Å². The highest BCUT2D eigenvalue weighted by molar-refractivity contribution is 7.11. The summed E-state index contributed by atoms with van der Waals surface area (Å²) in [5, 5.41) is 16.7. The van der Waals surface area contributed by atoms with E-state index in [0.29, 0.717) is 12.2 Å². The second kappa shape index (κ2) is 8.12. The van der Waals surface area contributed by atoms with Crippen LogP contribution in [-0.2, 0) is 0 Å². The van der Waals surface area contributed by atoms with Crippen molar-refractivity contribution in [2.24, 2.45) is 0 Å². The van der Waals surface area contributed by atoms with Crippen LogP contribution < -0.4 is 10.6 Å². The molecule has 0 bridgehead atoms. The van der Waals surface area contributed by atoms with Crippen molar-refractivity contribution in [2.45, 2.75) is 51.8 Å². The number of thiazole rings is 1. The Labute approximate surface area is 139 Å². The van der Waals surface area contributed by atoms with E-state index in [1.54, 1.807) is 23.5 Å². The van der Waals surface area contributed by atoms with Gasteiger partial charge in [-0.25, -0.2) is 9.78 Å². The fraction of sp³-hybridized carbons (Fsp3) is 0.500. The highest BCUT2D eigenvalue weighted by Gasteiger charge is 2.19. The predicted octanol–water partition coefficient (Wildman–Crippen LogP) is 3.31. The molecular formula is C16H23N3O3S. The van der Waals surface area contributed by atoms with E-state index >= 15 is 0 Å². The van der Waals surface area contributed by atoms with E-state index in [9.17, 15) is 9.90 Å². The smallest absolute Gasteiger partial charge is 0.315 e. The highest BCUT2D eigenvalue weighted by Crippen LogP contribution is 2.22. The summed E-state index contributed by atoms with van der Waals surface area (Å²) in [5.41, 5.74) is 0. The summed E-state index contributed by atoms with van der Waals surface area (Å²) >= 11 is 1.58. The van der Waals surface area contributed by atoms with Crippen molar-refractivity contribution in [3.05, 3.63) is 40.2 Å². The largest absolute Gasteiger partial charge is 0.467 e. The second-order valence-electron chi connectivity index (χ2n) is 5.56. The summed E-state index contributed by atoms with van der Waals surface area (Å²) in [6.45, 7) is 5.85. The average Bonchev–Trinajstić information content (AvgIpc) is 3.15. The standard InChI is InChI=1S/C16H23N3O3S/c1-4-12(15-17-9-11(3)23-15)19-16(21)18-10(2)8-13(20)14-6-5-7-22-14/h5-7,9-10,12-13,20H,4,8H2,1-3H3,(H2,18,19,21)/t10-,12+,13-/m1/s1. The van der Waals surface area contributed by atoms with Gasteiger partial charge in [-0.05, 0) is 32.4 Å². The molecule has 2 aromatic heterocycles. The Bertz CT molecular complexity index is 612. The Kier molecular flexibility index (Phi) is 6.18. The van der Waals surface area contributed by atoms with Crippen molar-refractivity contribution in [3.63, 3.8) is 0 Å². The van der Waals surface area contributed by atoms with Crippen LogP contribution in [0.5, 0.6) is 0 Å². The molecule has 3 atom stereocenters. The molecule has 0 spiro atoms. The van der Waals surface area contributed by atoms with Crippen LogP contribution in [0, 0.1) is 6.92 Å². The summed E-state index contributed by atoms with van der Waals surface area (Å²) in [6.07, 6.45) is 3.75. The number of aliphatic hydroxyl groups excluding tert-OH is 1. The fourth-order valence-electron chi connectivity index (χ4n) is 2.29.